The molecule has 4 nitrogen and oxygen atoms in total. The first-order chi connectivity index (χ1) is 8.65. The van der Waals surface area contributed by atoms with Crippen LogP contribution in [0.25, 0.3) is 0 Å². The van der Waals surface area contributed by atoms with E-state index in [0.29, 0.717) is 11.9 Å². The van der Waals surface area contributed by atoms with Gasteiger partial charge in [0.15, 0.2) is 0 Å². The lowest BCUT2D eigenvalue weighted by Crippen LogP contribution is -2.19. The average Bonchev–Trinajstić information content (AvgIpc) is 2.57. The number of carboxylic acids is 1. The molecular formula is C13H17ClN2O2. The Labute approximate surface area is 111 Å². The molecule has 0 aliphatic heterocycles. The largest absolute Gasteiger partial charge is 0.478 e. The van der Waals surface area contributed by atoms with Crippen molar-refractivity contribution in [2.75, 3.05) is 5.32 Å². The van der Waals surface area contributed by atoms with Crippen molar-refractivity contribution in [2.45, 2.75) is 44.6 Å². The van der Waals surface area contributed by atoms with Crippen LogP contribution < -0.4 is 5.32 Å². The minimum absolute atomic E-state index is 0.172. The number of anilines is 1. The van der Waals surface area contributed by atoms with Crippen molar-refractivity contribution in [2.24, 2.45) is 0 Å². The monoisotopic (exact) mass is 268 g/mol. The molecule has 0 amide bonds. The molecule has 0 radical (unpaired) electrons. The van der Waals surface area contributed by atoms with Gasteiger partial charge in [-0.15, -0.1) is 0 Å². The van der Waals surface area contributed by atoms with E-state index in [9.17, 15) is 4.79 Å². The molecule has 18 heavy (non-hydrogen) atoms. The van der Waals surface area contributed by atoms with Crippen LogP contribution in [0.3, 0.4) is 0 Å². The van der Waals surface area contributed by atoms with Crippen LogP contribution in [0.15, 0.2) is 12.1 Å². The lowest BCUT2D eigenvalue weighted by molar-refractivity contribution is 0.0697. The Hall–Kier alpha value is -1.29. The van der Waals surface area contributed by atoms with Crippen molar-refractivity contribution in [1.82, 2.24) is 4.98 Å². The number of hydrogen-bond acceptors (Lipinski definition) is 3. The fraction of sp³-hybridized carbons (Fsp3) is 0.538. The number of pyridine rings is 1. The smallest absolute Gasteiger partial charge is 0.335 e. The third-order valence-corrected chi connectivity index (χ3v) is 3.44. The predicted octanol–water partition coefficient (Wildman–Crippen LogP) is 3.57. The molecule has 5 heteroatoms. The Balaban J connectivity index is 2.10. The number of nitrogens with zero attached hydrogens (tertiary/aromatic N) is 1. The van der Waals surface area contributed by atoms with E-state index in [1.807, 2.05) is 0 Å². The Morgan fingerprint density at radius 2 is 1.94 bits per heavy atom. The minimum Gasteiger partial charge on any atom is -0.478 e. The second kappa shape index (κ2) is 6.05. The molecule has 1 aromatic heterocycles. The summed E-state index contributed by atoms with van der Waals surface area (Å²) in [6.07, 6.45) is 7.20. The van der Waals surface area contributed by atoms with Gasteiger partial charge in [0.1, 0.15) is 11.0 Å². The van der Waals surface area contributed by atoms with Gasteiger partial charge in [-0.1, -0.05) is 37.3 Å². The molecule has 1 aromatic rings. The van der Waals surface area contributed by atoms with Crippen LogP contribution in [0, 0.1) is 0 Å². The van der Waals surface area contributed by atoms with Gasteiger partial charge in [0.2, 0.25) is 0 Å². The van der Waals surface area contributed by atoms with Crippen LogP contribution in [0.2, 0.25) is 5.15 Å². The maximum Gasteiger partial charge on any atom is 0.335 e. The van der Waals surface area contributed by atoms with Gasteiger partial charge >= 0.3 is 5.97 Å². The SMILES string of the molecule is O=C(O)c1cc(Cl)nc(NC2CCCCCC2)c1. The molecule has 0 bridgehead atoms. The van der Waals surface area contributed by atoms with E-state index in [1.165, 1.54) is 31.7 Å². The van der Waals surface area contributed by atoms with Gasteiger partial charge < -0.3 is 10.4 Å². The first-order valence-corrected chi connectivity index (χ1v) is 6.70. The number of carboxylic acid groups (broad SMARTS) is 1. The molecule has 1 aliphatic rings. The highest BCUT2D eigenvalue weighted by Crippen LogP contribution is 2.22. The van der Waals surface area contributed by atoms with E-state index in [2.05, 4.69) is 10.3 Å². The van der Waals surface area contributed by atoms with Crippen molar-refractivity contribution in [3.8, 4) is 0 Å². The van der Waals surface area contributed by atoms with E-state index in [-0.39, 0.29) is 10.7 Å². The lowest BCUT2D eigenvalue weighted by atomic mass is 10.1. The highest BCUT2D eigenvalue weighted by atomic mass is 35.5. The number of nitrogens with one attached hydrogen (secondary N) is 1. The van der Waals surface area contributed by atoms with Gasteiger partial charge in [-0.25, -0.2) is 9.78 Å². The van der Waals surface area contributed by atoms with E-state index < -0.39 is 5.97 Å². The summed E-state index contributed by atoms with van der Waals surface area (Å²) >= 11 is 5.83. The van der Waals surface area contributed by atoms with Crippen molar-refractivity contribution in [3.05, 3.63) is 22.8 Å². The Kier molecular flexibility index (Phi) is 4.42. The Bertz CT molecular complexity index is 429. The normalized spacial score (nSPS) is 17.2. The maximum absolute atomic E-state index is 10.9. The van der Waals surface area contributed by atoms with Gasteiger partial charge in [-0.05, 0) is 25.0 Å². The number of aromatic carboxylic acids is 1. The number of aromatic nitrogens is 1. The molecule has 98 valence electrons. The summed E-state index contributed by atoms with van der Waals surface area (Å²) in [6, 6.07) is 3.28. The molecule has 2 rings (SSSR count). The molecule has 0 atom stereocenters. The molecule has 1 aliphatic carbocycles. The van der Waals surface area contributed by atoms with Gasteiger partial charge in [0.05, 0.1) is 5.56 Å². The van der Waals surface area contributed by atoms with Crippen LogP contribution in [-0.2, 0) is 0 Å². The average molecular weight is 269 g/mol. The molecule has 1 heterocycles. The third kappa shape index (κ3) is 3.60. The molecule has 2 N–H and O–H groups in total. The second-order valence-corrected chi connectivity index (χ2v) is 5.09. The van der Waals surface area contributed by atoms with Gasteiger partial charge in [0, 0.05) is 6.04 Å². The number of carbonyl (C=O) groups is 1. The highest BCUT2D eigenvalue weighted by molar-refractivity contribution is 6.29. The summed E-state index contributed by atoms with van der Waals surface area (Å²) in [7, 11) is 0. The van der Waals surface area contributed by atoms with Crippen molar-refractivity contribution >= 4 is 23.4 Å². The summed E-state index contributed by atoms with van der Waals surface area (Å²) in [6.45, 7) is 0. The van der Waals surface area contributed by atoms with E-state index in [4.69, 9.17) is 16.7 Å². The highest BCUT2D eigenvalue weighted by Gasteiger charge is 2.14. The fourth-order valence-corrected chi connectivity index (χ4v) is 2.54. The molecule has 0 saturated heterocycles. The van der Waals surface area contributed by atoms with Crippen LogP contribution in [0.5, 0.6) is 0 Å². The number of hydrogen-bond donors (Lipinski definition) is 2. The zero-order valence-corrected chi connectivity index (χ0v) is 10.9. The zero-order valence-electron chi connectivity index (χ0n) is 10.2. The standard InChI is InChI=1S/C13H17ClN2O2/c14-11-7-9(13(17)18)8-12(16-11)15-10-5-3-1-2-4-6-10/h7-8,10H,1-6H2,(H,15,16)(H,17,18). The predicted molar refractivity (Wildman–Crippen MR) is 71.3 cm³/mol. The molecule has 1 saturated carbocycles. The zero-order chi connectivity index (χ0) is 13.0. The van der Waals surface area contributed by atoms with Crippen LogP contribution >= 0.6 is 11.6 Å². The van der Waals surface area contributed by atoms with Crippen molar-refractivity contribution in [3.63, 3.8) is 0 Å². The minimum atomic E-state index is -0.983. The van der Waals surface area contributed by atoms with E-state index in [0.717, 1.165) is 12.8 Å². The summed E-state index contributed by atoms with van der Waals surface area (Å²) in [5.74, 6) is -0.421. The number of halogens is 1. The Morgan fingerprint density at radius 1 is 1.28 bits per heavy atom. The van der Waals surface area contributed by atoms with E-state index in [1.54, 1.807) is 6.07 Å². The van der Waals surface area contributed by atoms with E-state index >= 15 is 0 Å². The van der Waals surface area contributed by atoms with Gasteiger partial charge in [0.25, 0.3) is 0 Å². The first kappa shape index (κ1) is 13.1. The third-order valence-electron chi connectivity index (χ3n) is 3.25. The molecule has 0 aromatic carbocycles. The van der Waals surface area contributed by atoms with Crippen molar-refractivity contribution < 1.29 is 9.90 Å². The first-order valence-electron chi connectivity index (χ1n) is 6.32. The summed E-state index contributed by atoms with van der Waals surface area (Å²) in [5.41, 5.74) is 0.172. The van der Waals surface area contributed by atoms with Crippen LogP contribution in [0.1, 0.15) is 48.9 Å². The molecule has 0 unspecified atom stereocenters. The summed E-state index contributed by atoms with van der Waals surface area (Å²) in [4.78, 5) is 15.1. The Morgan fingerprint density at radius 3 is 2.56 bits per heavy atom. The fourth-order valence-electron chi connectivity index (χ4n) is 2.33. The van der Waals surface area contributed by atoms with Crippen LogP contribution in [-0.4, -0.2) is 22.1 Å². The topological polar surface area (TPSA) is 62.2 Å². The van der Waals surface area contributed by atoms with Crippen molar-refractivity contribution in [1.29, 1.82) is 0 Å². The second-order valence-electron chi connectivity index (χ2n) is 4.70. The maximum atomic E-state index is 10.9. The number of rotatable bonds is 3. The summed E-state index contributed by atoms with van der Waals surface area (Å²) in [5, 5.41) is 12.5. The lowest BCUT2D eigenvalue weighted by Gasteiger charge is -2.17. The quantitative estimate of drug-likeness (QED) is 0.650. The molecule has 1 fully saturated rings. The molecular weight excluding hydrogens is 252 g/mol. The van der Waals surface area contributed by atoms with Gasteiger partial charge in [-0.3, -0.25) is 0 Å². The van der Waals surface area contributed by atoms with Crippen LogP contribution in [0.4, 0.5) is 5.82 Å². The molecule has 0 spiro atoms. The summed E-state index contributed by atoms with van der Waals surface area (Å²) < 4.78 is 0. The van der Waals surface area contributed by atoms with Gasteiger partial charge in [-0.2, -0.15) is 0 Å².